The van der Waals surface area contributed by atoms with Gasteiger partial charge in [0.05, 0.1) is 6.61 Å². The Morgan fingerprint density at radius 1 is 1.38 bits per heavy atom. The van der Waals surface area contributed by atoms with Crippen molar-refractivity contribution in [2.75, 3.05) is 26.2 Å². The molecule has 0 aliphatic heterocycles. The maximum atomic E-state index is 5.92. The number of pyridine rings is 1. The standard InChI is InChI=1S/C12H19ClN2O/c1-3-15(4-2)9-6-10-16-12-11(13)7-5-8-14-12/h5,7-8H,3-4,6,9-10H2,1-2H3. The van der Waals surface area contributed by atoms with E-state index in [9.17, 15) is 0 Å². The second-order valence-electron chi connectivity index (χ2n) is 3.52. The van der Waals surface area contributed by atoms with Gasteiger partial charge in [-0.15, -0.1) is 0 Å². The van der Waals surface area contributed by atoms with Crippen LogP contribution in [0, 0.1) is 0 Å². The lowest BCUT2D eigenvalue weighted by atomic mass is 10.4. The molecule has 0 fully saturated rings. The Morgan fingerprint density at radius 3 is 2.75 bits per heavy atom. The third kappa shape index (κ3) is 4.37. The third-order valence-electron chi connectivity index (χ3n) is 2.48. The minimum absolute atomic E-state index is 0.531. The summed E-state index contributed by atoms with van der Waals surface area (Å²) in [6, 6.07) is 3.58. The Kier molecular flexibility index (Phi) is 6.19. The number of ether oxygens (including phenoxy) is 1. The van der Waals surface area contributed by atoms with E-state index in [4.69, 9.17) is 16.3 Å². The summed E-state index contributed by atoms with van der Waals surface area (Å²) in [6.45, 7) is 8.21. The van der Waals surface area contributed by atoms with Crippen LogP contribution >= 0.6 is 11.6 Å². The molecule has 1 aromatic heterocycles. The first-order valence-electron chi connectivity index (χ1n) is 5.73. The number of nitrogens with zero attached hydrogens (tertiary/aromatic N) is 2. The van der Waals surface area contributed by atoms with E-state index < -0.39 is 0 Å². The summed E-state index contributed by atoms with van der Waals surface area (Å²) in [5.41, 5.74) is 0. The molecule has 0 aliphatic carbocycles. The van der Waals surface area contributed by atoms with E-state index in [1.807, 2.05) is 0 Å². The molecule has 0 aliphatic rings. The molecule has 0 aromatic carbocycles. The molecule has 0 atom stereocenters. The molecular weight excluding hydrogens is 224 g/mol. The highest BCUT2D eigenvalue weighted by atomic mass is 35.5. The molecule has 0 spiro atoms. The third-order valence-corrected chi connectivity index (χ3v) is 2.76. The number of hydrogen-bond donors (Lipinski definition) is 0. The van der Waals surface area contributed by atoms with Crippen molar-refractivity contribution in [2.45, 2.75) is 20.3 Å². The summed E-state index contributed by atoms with van der Waals surface area (Å²) in [4.78, 5) is 6.43. The van der Waals surface area contributed by atoms with Gasteiger partial charge in [-0.2, -0.15) is 0 Å². The van der Waals surface area contributed by atoms with E-state index in [1.165, 1.54) is 0 Å². The van der Waals surface area contributed by atoms with E-state index in [1.54, 1.807) is 18.3 Å². The quantitative estimate of drug-likeness (QED) is 0.688. The number of halogens is 1. The molecule has 90 valence electrons. The first-order valence-corrected chi connectivity index (χ1v) is 6.11. The van der Waals surface area contributed by atoms with Gasteiger partial charge in [0.25, 0.3) is 0 Å². The zero-order valence-electron chi connectivity index (χ0n) is 9.95. The summed E-state index contributed by atoms with van der Waals surface area (Å²) in [5.74, 6) is 0.531. The lowest BCUT2D eigenvalue weighted by Gasteiger charge is -2.17. The van der Waals surface area contributed by atoms with Crippen molar-refractivity contribution in [2.24, 2.45) is 0 Å². The fraction of sp³-hybridized carbons (Fsp3) is 0.583. The molecular formula is C12H19ClN2O. The predicted octanol–water partition coefficient (Wildman–Crippen LogP) is 2.85. The van der Waals surface area contributed by atoms with Crippen molar-refractivity contribution in [3.8, 4) is 5.88 Å². The van der Waals surface area contributed by atoms with Gasteiger partial charge in [0, 0.05) is 12.7 Å². The highest BCUT2D eigenvalue weighted by Crippen LogP contribution is 2.19. The fourth-order valence-corrected chi connectivity index (χ4v) is 1.65. The van der Waals surface area contributed by atoms with Crippen LogP contribution in [0.5, 0.6) is 5.88 Å². The zero-order chi connectivity index (χ0) is 11.8. The van der Waals surface area contributed by atoms with Crippen LogP contribution in [0.25, 0.3) is 0 Å². The first-order chi connectivity index (χ1) is 7.77. The molecule has 0 bridgehead atoms. The molecule has 1 rings (SSSR count). The van der Waals surface area contributed by atoms with E-state index >= 15 is 0 Å². The summed E-state index contributed by atoms with van der Waals surface area (Å²) < 4.78 is 5.51. The molecule has 16 heavy (non-hydrogen) atoms. The molecule has 0 amide bonds. The molecule has 0 unspecified atom stereocenters. The minimum atomic E-state index is 0.531. The first kappa shape index (κ1) is 13.3. The van der Waals surface area contributed by atoms with Gasteiger partial charge in [-0.25, -0.2) is 4.98 Å². The Labute approximate surface area is 102 Å². The maximum Gasteiger partial charge on any atom is 0.232 e. The molecule has 3 nitrogen and oxygen atoms in total. The Balaban J connectivity index is 2.23. The average Bonchev–Trinajstić information content (AvgIpc) is 2.31. The van der Waals surface area contributed by atoms with E-state index in [0.29, 0.717) is 17.5 Å². The lowest BCUT2D eigenvalue weighted by molar-refractivity contribution is 0.244. The van der Waals surface area contributed by atoms with Gasteiger partial charge in [-0.05, 0) is 31.6 Å². The van der Waals surface area contributed by atoms with Gasteiger partial charge in [0.1, 0.15) is 5.02 Å². The van der Waals surface area contributed by atoms with Crippen LogP contribution in [0.1, 0.15) is 20.3 Å². The van der Waals surface area contributed by atoms with E-state index in [-0.39, 0.29) is 0 Å². The van der Waals surface area contributed by atoms with Gasteiger partial charge in [0.2, 0.25) is 5.88 Å². The largest absolute Gasteiger partial charge is 0.477 e. The Bertz CT molecular complexity index is 303. The van der Waals surface area contributed by atoms with E-state index in [0.717, 1.165) is 26.1 Å². The average molecular weight is 243 g/mol. The highest BCUT2D eigenvalue weighted by Gasteiger charge is 2.02. The molecule has 4 heteroatoms. The molecule has 0 saturated carbocycles. The number of rotatable bonds is 7. The van der Waals surface area contributed by atoms with Gasteiger partial charge in [-0.3, -0.25) is 0 Å². The van der Waals surface area contributed by atoms with Crippen molar-refractivity contribution in [3.63, 3.8) is 0 Å². The monoisotopic (exact) mass is 242 g/mol. The lowest BCUT2D eigenvalue weighted by Crippen LogP contribution is -2.25. The van der Waals surface area contributed by atoms with Crippen molar-refractivity contribution in [1.29, 1.82) is 0 Å². The van der Waals surface area contributed by atoms with Crippen LogP contribution in [0.3, 0.4) is 0 Å². The van der Waals surface area contributed by atoms with E-state index in [2.05, 4.69) is 23.7 Å². The van der Waals surface area contributed by atoms with Crippen LogP contribution in [-0.2, 0) is 0 Å². The van der Waals surface area contributed by atoms with Crippen molar-refractivity contribution in [3.05, 3.63) is 23.4 Å². The van der Waals surface area contributed by atoms with Crippen LogP contribution < -0.4 is 4.74 Å². The molecule has 0 N–H and O–H groups in total. The molecule has 1 aromatic rings. The smallest absolute Gasteiger partial charge is 0.232 e. The van der Waals surface area contributed by atoms with Crippen molar-refractivity contribution >= 4 is 11.6 Å². The van der Waals surface area contributed by atoms with Gasteiger partial charge in [-0.1, -0.05) is 25.4 Å². The summed E-state index contributed by atoms with van der Waals surface area (Å²) >= 11 is 5.92. The highest BCUT2D eigenvalue weighted by molar-refractivity contribution is 6.31. The summed E-state index contributed by atoms with van der Waals surface area (Å²) in [6.07, 6.45) is 2.68. The fourth-order valence-electron chi connectivity index (χ4n) is 1.47. The van der Waals surface area contributed by atoms with Gasteiger partial charge >= 0.3 is 0 Å². The van der Waals surface area contributed by atoms with Crippen LogP contribution in [0.2, 0.25) is 5.02 Å². The SMILES string of the molecule is CCN(CC)CCCOc1ncccc1Cl. The Hall–Kier alpha value is -0.800. The molecule has 0 saturated heterocycles. The number of aromatic nitrogens is 1. The van der Waals surface area contributed by atoms with Crippen LogP contribution in [0.15, 0.2) is 18.3 Å². The number of hydrogen-bond acceptors (Lipinski definition) is 3. The second kappa shape index (κ2) is 7.47. The van der Waals surface area contributed by atoms with Crippen molar-refractivity contribution < 1.29 is 4.74 Å². The summed E-state index contributed by atoms with van der Waals surface area (Å²) in [7, 11) is 0. The van der Waals surface area contributed by atoms with Gasteiger partial charge < -0.3 is 9.64 Å². The molecule has 0 radical (unpaired) electrons. The predicted molar refractivity (Wildman–Crippen MR) is 67.1 cm³/mol. The maximum absolute atomic E-state index is 5.92. The topological polar surface area (TPSA) is 25.4 Å². The van der Waals surface area contributed by atoms with Crippen LogP contribution in [0.4, 0.5) is 0 Å². The van der Waals surface area contributed by atoms with Crippen LogP contribution in [-0.4, -0.2) is 36.1 Å². The Morgan fingerprint density at radius 2 is 2.12 bits per heavy atom. The normalized spacial score (nSPS) is 10.8. The van der Waals surface area contributed by atoms with Gasteiger partial charge in [0.15, 0.2) is 0 Å². The molecule has 1 heterocycles. The second-order valence-corrected chi connectivity index (χ2v) is 3.93. The summed E-state index contributed by atoms with van der Waals surface area (Å²) in [5, 5.41) is 0.574. The zero-order valence-corrected chi connectivity index (χ0v) is 10.7. The van der Waals surface area contributed by atoms with Crippen molar-refractivity contribution in [1.82, 2.24) is 9.88 Å². The minimum Gasteiger partial charge on any atom is -0.477 e.